The molecule has 0 atom stereocenters. The number of ether oxygens (including phenoxy) is 1. The van der Waals surface area contributed by atoms with E-state index in [0.29, 0.717) is 5.92 Å². The Hall–Kier alpha value is -1.87. The van der Waals surface area contributed by atoms with Gasteiger partial charge in [-0.2, -0.15) is 0 Å². The Kier molecular flexibility index (Phi) is 4.97. The van der Waals surface area contributed by atoms with Crippen molar-refractivity contribution in [3.8, 4) is 17.0 Å². The fourth-order valence-corrected chi connectivity index (χ4v) is 2.53. The Morgan fingerprint density at radius 2 is 1.96 bits per heavy atom. The lowest BCUT2D eigenvalue weighted by molar-refractivity contribution is 0.272. The van der Waals surface area contributed by atoms with Crippen molar-refractivity contribution in [1.82, 2.24) is 10.3 Å². The van der Waals surface area contributed by atoms with Crippen molar-refractivity contribution in [3.05, 3.63) is 47.7 Å². The van der Waals surface area contributed by atoms with Crippen LogP contribution in [0.4, 0.5) is 0 Å². The molecule has 3 rings (SSSR count). The third-order valence-corrected chi connectivity index (χ3v) is 4.09. The fourth-order valence-electron chi connectivity index (χ4n) is 2.53. The highest BCUT2D eigenvalue weighted by atomic mass is 16.5. The molecule has 122 valence electrons. The van der Waals surface area contributed by atoms with Gasteiger partial charge in [0.1, 0.15) is 5.75 Å². The van der Waals surface area contributed by atoms with Gasteiger partial charge in [0.25, 0.3) is 0 Å². The number of nitrogens with one attached hydrogen (secondary N) is 1. The first-order chi connectivity index (χ1) is 11.1. The second-order valence-electron chi connectivity index (χ2n) is 6.80. The molecule has 23 heavy (non-hydrogen) atoms. The second-order valence-corrected chi connectivity index (χ2v) is 6.80. The van der Waals surface area contributed by atoms with E-state index in [-0.39, 0.29) is 0 Å². The third-order valence-electron chi connectivity index (χ3n) is 4.09. The molecule has 1 N–H and O–H groups in total. The molecular formula is C20H26N2O. The van der Waals surface area contributed by atoms with Gasteiger partial charge in [-0.15, -0.1) is 0 Å². The van der Waals surface area contributed by atoms with Crippen LogP contribution in [-0.2, 0) is 6.54 Å². The number of para-hydroxylation sites is 1. The van der Waals surface area contributed by atoms with Crippen LogP contribution in [0.5, 0.6) is 5.75 Å². The van der Waals surface area contributed by atoms with Crippen molar-refractivity contribution in [3.63, 3.8) is 0 Å². The molecule has 1 saturated carbocycles. The number of hydrogen-bond donors (Lipinski definition) is 1. The number of benzene rings is 1. The van der Waals surface area contributed by atoms with E-state index in [9.17, 15) is 0 Å². The van der Waals surface area contributed by atoms with Crippen molar-refractivity contribution < 1.29 is 4.74 Å². The summed E-state index contributed by atoms with van der Waals surface area (Å²) < 4.78 is 5.96. The molecule has 1 aliphatic carbocycles. The maximum Gasteiger partial charge on any atom is 0.128 e. The SMILES string of the molecule is Cc1nc(-c2ccccc2OCC(C)C)ccc1CNC1CC1. The summed E-state index contributed by atoms with van der Waals surface area (Å²) in [5.41, 5.74) is 4.42. The molecule has 1 aromatic heterocycles. The number of hydrogen-bond acceptors (Lipinski definition) is 3. The van der Waals surface area contributed by atoms with E-state index in [1.165, 1.54) is 18.4 Å². The van der Waals surface area contributed by atoms with Gasteiger partial charge < -0.3 is 10.1 Å². The van der Waals surface area contributed by atoms with Gasteiger partial charge in [0, 0.05) is 23.8 Å². The molecule has 1 aromatic carbocycles. The molecule has 1 heterocycles. The quantitative estimate of drug-likeness (QED) is 0.826. The number of pyridine rings is 1. The summed E-state index contributed by atoms with van der Waals surface area (Å²) in [6.07, 6.45) is 2.62. The summed E-state index contributed by atoms with van der Waals surface area (Å²) in [7, 11) is 0. The molecule has 3 nitrogen and oxygen atoms in total. The van der Waals surface area contributed by atoms with Gasteiger partial charge in [-0.05, 0) is 49.4 Å². The Balaban J connectivity index is 1.79. The number of aromatic nitrogens is 1. The average Bonchev–Trinajstić information content (AvgIpc) is 3.36. The van der Waals surface area contributed by atoms with Crippen LogP contribution in [0, 0.1) is 12.8 Å². The van der Waals surface area contributed by atoms with Crippen LogP contribution in [-0.4, -0.2) is 17.6 Å². The summed E-state index contributed by atoms with van der Waals surface area (Å²) in [5.74, 6) is 1.42. The van der Waals surface area contributed by atoms with Crippen LogP contribution < -0.4 is 10.1 Å². The topological polar surface area (TPSA) is 34.1 Å². The highest BCUT2D eigenvalue weighted by molar-refractivity contribution is 5.67. The molecule has 0 saturated heterocycles. The second kappa shape index (κ2) is 7.14. The predicted octanol–water partition coefficient (Wildman–Crippen LogP) is 4.34. The van der Waals surface area contributed by atoms with Gasteiger partial charge in [-0.3, -0.25) is 4.98 Å². The van der Waals surface area contributed by atoms with Crippen LogP contribution >= 0.6 is 0 Å². The Bertz CT molecular complexity index is 662. The zero-order chi connectivity index (χ0) is 16.2. The summed E-state index contributed by atoms with van der Waals surface area (Å²) in [5, 5.41) is 3.55. The Morgan fingerprint density at radius 1 is 1.17 bits per heavy atom. The van der Waals surface area contributed by atoms with E-state index in [0.717, 1.165) is 41.9 Å². The summed E-state index contributed by atoms with van der Waals surface area (Å²) in [6, 6.07) is 13.2. The zero-order valence-electron chi connectivity index (χ0n) is 14.3. The van der Waals surface area contributed by atoms with Crippen LogP contribution in [0.1, 0.15) is 37.9 Å². The fraction of sp³-hybridized carbons (Fsp3) is 0.450. The lowest BCUT2D eigenvalue weighted by Gasteiger charge is -2.14. The number of aryl methyl sites for hydroxylation is 1. The molecule has 0 radical (unpaired) electrons. The first-order valence-electron chi connectivity index (χ1n) is 8.55. The van der Waals surface area contributed by atoms with E-state index in [1.54, 1.807) is 0 Å². The molecule has 0 amide bonds. The third kappa shape index (κ3) is 4.32. The highest BCUT2D eigenvalue weighted by Crippen LogP contribution is 2.29. The molecular weight excluding hydrogens is 284 g/mol. The smallest absolute Gasteiger partial charge is 0.128 e. The number of nitrogens with zero attached hydrogens (tertiary/aromatic N) is 1. The molecule has 3 heteroatoms. The summed E-state index contributed by atoms with van der Waals surface area (Å²) in [6.45, 7) is 8.04. The molecule has 0 aliphatic heterocycles. The van der Waals surface area contributed by atoms with E-state index >= 15 is 0 Å². The zero-order valence-corrected chi connectivity index (χ0v) is 14.3. The maximum atomic E-state index is 5.96. The maximum absolute atomic E-state index is 5.96. The van der Waals surface area contributed by atoms with Gasteiger partial charge in [-0.25, -0.2) is 0 Å². The van der Waals surface area contributed by atoms with Crippen molar-refractivity contribution in [2.45, 2.75) is 46.2 Å². The van der Waals surface area contributed by atoms with E-state index in [1.807, 2.05) is 18.2 Å². The Labute approximate surface area is 139 Å². The molecule has 1 fully saturated rings. The molecule has 2 aromatic rings. The normalized spacial score (nSPS) is 14.3. The van der Waals surface area contributed by atoms with Crippen molar-refractivity contribution in [2.75, 3.05) is 6.61 Å². The van der Waals surface area contributed by atoms with E-state index in [2.05, 4.69) is 44.3 Å². The Morgan fingerprint density at radius 3 is 2.65 bits per heavy atom. The van der Waals surface area contributed by atoms with Crippen molar-refractivity contribution in [2.24, 2.45) is 5.92 Å². The molecule has 1 aliphatic rings. The minimum Gasteiger partial charge on any atom is -0.493 e. The first kappa shape index (κ1) is 16.0. The van der Waals surface area contributed by atoms with Gasteiger partial charge in [0.2, 0.25) is 0 Å². The van der Waals surface area contributed by atoms with Crippen LogP contribution in [0.15, 0.2) is 36.4 Å². The largest absolute Gasteiger partial charge is 0.493 e. The van der Waals surface area contributed by atoms with Crippen LogP contribution in [0.25, 0.3) is 11.3 Å². The molecule has 0 unspecified atom stereocenters. The number of rotatable bonds is 7. The van der Waals surface area contributed by atoms with E-state index < -0.39 is 0 Å². The monoisotopic (exact) mass is 310 g/mol. The van der Waals surface area contributed by atoms with E-state index in [4.69, 9.17) is 9.72 Å². The summed E-state index contributed by atoms with van der Waals surface area (Å²) >= 11 is 0. The lowest BCUT2D eigenvalue weighted by Crippen LogP contribution is -2.16. The lowest BCUT2D eigenvalue weighted by atomic mass is 10.1. The van der Waals surface area contributed by atoms with Crippen molar-refractivity contribution in [1.29, 1.82) is 0 Å². The summed E-state index contributed by atoms with van der Waals surface area (Å²) in [4.78, 5) is 4.81. The molecule has 0 bridgehead atoms. The van der Waals surface area contributed by atoms with Gasteiger partial charge in [0.05, 0.1) is 12.3 Å². The first-order valence-corrected chi connectivity index (χ1v) is 8.55. The predicted molar refractivity (Wildman–Crippen MR) is 94.6 cm³/mol. The van der Waals surface area contributed by atoms with Gasteiger partial charge >= 0.3 is 0 Å². The standard InChI is InChI=1S/C20H26N2O/c1-14(2)13-23-20-7-5-4-6-18(20)19-11-8-16(15(3)22-19)12-21-17-9-10-17/h4-8,11,14,17,21H,9-10,12-13H2,1-3H3. The minimum atomic E-state index is 0.508. The van der Waals surface area contributed by atoms with Crippen molar-refractivity contribution >= 4 is 0 Å². The van der Waals surface area contributed by atoms with Crippen LogP contribution in [0.2, 0.25) is 0 Å². The van der Waals surface area contributed by atoms with Gasteiger partial charge in [0.15, 0.2) is 0 Å². The molecule has 0 spiro atoms. The average molecular weight is 310 g/mol. The minimum absolute atomic E-state index is 0.508. The van der Waals surface area contributed by atoms with Gasteiger partial charge in [-0.1, -0.05) is 32.0 Å². The van der Waals surface area contributed by atoms with Crippen LogP contribution in [0.3, 0.4) is 0 Å². The highest BCUT2D eigenvalue weighted by Gasteiger charge is 2.20.